The summed E-state index contributed by atoms with van der Waals surface area (Å²) in [5, 5.41) is 8.49. The van der Waals surface area contributed by atoms with Crippen LogP contribution in [0.3, 0.4) is 0 Å². The van der Waals surface area contributed by atoms with E-state index in [9.17, 15) is 4.79 Å². The summed E-state index contributed by atoms with van der Waals surface area (Å²) in [6.45, 7) is 0. The zero-order valence-electron chi connectivity index (χ0n) is 11.9. The molecule has 0 saturated carbocycles. The highest BCUT2D eigenvalue weighted by Crippen LogP contribution is 2.12. The van der Waals surface area contributed by atoms with Crippen molar-refractivity contribution in [2.75, 3.05) is 0 Å². The van der Waals surface area contributed by atoms with Crippen LogP contribution in [0.1, 0.15) is 29.5 Å². The van der Waals surface area contributed by atoms with E-state index in [1.165, 1.54) is 22.8 Å². The highest BCUT2D eigenvalue weighted by Gasteiger charge is 1.97. The number of hydrogen-bond acceptors (Lipinski definition) is 2. The second kappa shape index (κ2) is 8.00. The number of carboxylic acids is 1. The van der Waals surface area contributed by atoms with Crippen LogP contribution in [0.15, 0.2) is 60.9 Å². The molecule has 1 aromatic heterocycles. The van der Waals surface area contributed by atoms with Crippen molar-refractivity contribution in [2.45, 2.75) is 25.7 Å². The van der Waals surface area contributed by atoms with Gasteiger partial charge in [-0.05, 0) is 48.4 Å². The van der Waals surface area contributed by atoms with Crippen LogP contribution in [0.2, 0.25) is 0 Å². The molecule has 0 radical (unpaired) electrons. The predicted octanol–water partition coefficient (Wildman–Crippen LogP) is 3.64. The maximum Gasteiger partial charge on any atom is 0.327 e. The van der Waals surface area contributed by atoms with Crippen LogP contribution in [0.5, 0.6) is 0 Å². The molecule has 0 aliphatic heterocycles. The molecule has 3 nitrogen and oxygen atoms in total. The fraction of sp³-hybridized carbons (Fsp3) is 0.222. The van der Waals surface area contributed by atoms with Gasteiger partial charge < -0.3 is 5.11 Å². The highest BCUT2D eigenvalue weighted by atomic mass is 16.4. The third kappa shape index (κ3) is 5.61. The molecule has 0 fully saturated rings. The largest absolute Gasteiger partial charge is 0.478 e. The smallest absolute Gasteiger partial charge is 0.327 e. The lowest BCUT2D eigenvalue weighted by molar-refractivity contribution is -0.131. The van der Waals surface area contributed by atoms with Crippen LogP contribution < -0.4 is 0 Å². The third-order valence-corrected chi connectivity index (χ3v) is 3.25. The lowest BCUT2D eigenvalue weighted by Crippen LogP contribution is -1.91. The molecule has 2 aromatic rings. The van der Waals surface area contributed by atoms with E-state index >= 15 is 0 Å². The first-order valence-electron chi connectivity index (χ1n) is 7.10. The summed E-state index contributed by atoms with van der Waals surface area (Å²) in [6.07, 6.45) is 10.2. The number of pyridine rings is 1. The molecule has 2 rings (SSSR count). The van der Waals surface area contributed by atoms with E-state index in [0.29, 0.717) is 0 Å². The molecule has 0 unspecified atom stereocenters. The number of carbonyl (C=O) groups is 1. The maximum absolute atomic E-state index is 10.3. The third-order valence-electron chi connectivity index (χ3n) is 3.25. The van der Waals surface area contributed by atoms with Gasteiger partial charge in [-0.15, -0.1) is 0 Å². The van der Waals surface area contributed by atoms with Gasteiger partial charge in [-0.1, -0.05) is 36.4 Å². The van der Waals surface area contributed by atoms with Crippen LogP contribution in [0.4, 0.5) is 0 Å². The van der Waals surface area contributed by atoms with Crippen molar-refractivity contribution in [2.24, 2.45) is 0 Å². The molecule has 108 valence electrons. The molecule has 3 heteroatoms. The van der Waals surface area contributed by atoms with Gasteiger partial charge in [0.05, 0.1) is 0 Å². The number of hydrogen-bond donors (Lipinski definition) is 1. The fourth-order valence-electron chi connectivity index (χ4n) is 2.17. The van der Waals surface area contributed by atoms with Crippen molar-refractivity contribution < 1.29 is 9.90 Å². The van der Waals surface area contributed by atoms with Gasteiger partial charge in [-0.2, -0.15) is 0 Å². The average Bonchev–Trinajstić information content (AvgIpc) is 2.49. The molecule has 0 aliphatic rings. The molecule has 1 N–H and O–H groups in total. The Balaban J connectivity index is 1.80. The van der Waals surface area contributed by atoms with Gasteiger partial charge in [0, 0.05) is 18.5 Å². The number of unbranched alkanes of at least 4 members (excludes halogenated alkanes) is 1. The Morgan fingerprint density at radius 2 is 1.86 bits per heavy atom. The summed E-state index contributed by atoms with van der Waals surface area (Å²) < 4.78 is 0. The van der Waals surface area contributed by atoms with Gasteiger partial charge in [0.15, 0.2) is 0 Å². The number of aliphatic carboxylic acids is 1. The zero-order valence-corrected chi connectivity index (χ0v) is 11.9. The fourth-order valence-corrected chi connectivity index (χ4v) is 2.17. The molecule has 0 atom stereocenters. The molecule has 0 bridgehead atoms. The lowest BCUT2D eigenvalue weighted by Gasteiger charge is -2.04. The van der Waals surface area contributed by atoms with E-state index in [-0.39, 0.29) is 0 Å². The minimum atomic E-state index is -0.880. The number of nitrogens with zero attached hydrogens (tertiary/aromatic N) is 1. The number of allylic oxidation sites excluding steroid dienone is 1. The van der Waals surface area contributed by atoms with E-state index in [2.05, 4.69) is 35.3 Å². The van der Waals surface area contributed by atoms with Crippen LogP contribution in [0.25, 0.3) is 0 Å². The van der Waals surface area contributed by atoms with Crippen LogP contribution >= 0.6 is 0 Å². The Morgan fingerprint density at radius 1 is 1.10 bits per heavy atom. The molecular weight excluding hydrogens is 262 g/mol. The van der Waals surface area contributed by atoms with Gasteiger partial charge in [-0.3, -0.25) is 4.98 Å². The Labute approximate surface area is 125 Å². The van der Waals surface area contributed by atoms with Gasteiger partial charge in [0.1, 0.15) is 0 Å². The SMILES string of the molecule is O=C(O)/C=C/CCCc1ccc(Cc2cccnc2)cc1. The molecule has 0 saturated heterocycles. The summed E-state index contributed by atoms with van der Waals surface area (Å²) in [7, 11) is 0. The second-order valence-electron chi connectivity index (χ2n) is 4.99. The van der Waals surface area contributed by atoms with E-state index in [1.54, 1.807) is 12.3 Å². The minimum absolute atomic E-state index is 0.795. The van der Waals surface area contributed by atoms with Gasteiger partial charge in [-0.25, -0.2) is 4.79 Å². The van der Waals surface area contributed by atoms with Crippen LogP contribution in [-0.4, -0.2) is 16.1 Å². The van der Waals surface area contributed by atoms with Crippen molar-refractivity contribution in [1.82, 2.24) is 4.98 Å². The number of aromatic nitrogens is 1. The normalized spacial score (nSPS) is 10.9. The minimum Gasteiger partial charge on any atom is -0.478 e. The molecule has 0 aliphatic carbocycles. The van der Waals surface area contributed by atoms with Gasteiger partial charge in [0.25, 0.3) is 0 Å². The van der Waals surface area contributed by atoms with E-state index in [1.807, 2.05) is 12.3 Å². The second-order valence-corrected chi connectivity index (χ2v) is 4.99. The van der Waals surface area contributed by atoms with Crippen LogP contribution in [0, 0.1) is 0 Å². The van der Waals surface area contributed by atoms with Crippen molar-refractivity contribution in [3.63, 3.8) is 0 Å². The monoisotopic (exact) mass is 281 g/mol. The molecule has 0 spiro atoms. The molecule has 0 amide bonds. The number of rotatable bonds is 7. The van der Waals surface area contributed by atoms with E-state index < -0.39 is 5.97 Å². The van der Waals surface area contributed by atoms with E-state index in [4.69, 9.17) is 5.11 Å². The number of aryl methyl sites for hydroxylation is 1. The first kappa shape index (κ1) is 15.0. The predicted molar refractivity (Wildman–Crippen MR) is 83.2 cm³/mol. The molecule has 1 heterocycles. The molecule has 21 heavy (non-hydrogen) atoms. The summed E-state index contributed by atoms with van der Waals surface area (Å²) in [4.78, 5) is 14.4. The maximum atomic E-state index is 10.3. The van der Waals surface area contributed by atoms with Crippen molar-refractivity contribution in [1.29, 1.82) is 0 Å². The van der Waals surface area contributed by atoms with E-state index in [0.717, 1.165) is 25.7 Å². The molecular formula is C18H19NO2. The Hall–Kier alpha value is -2.42. The number of benzene rings is 1. The Bertz CT molecular complexity index is 588. The summed E-state index contributed by atoms with van der Waals surface area (Å²) in [5.74, 6) is -0.880. The Morgan fingerprint density at radius 3 is 2.52 bits per heavy atom. The highest BCUT2D eigenvalue weighted by molar-refractivity contribution is 5.79. The topological polar surface area (TPSA) is 50.2 Å². The summed E-state index contributed by atoms with van der Waals surface area (Å²) in [5.41, 5.74) is 3.77. The van der Waals surface area contributed by atoms with Gasteiger partial charge >= 0.3 is 5.97 Å². The first-order valence-corrected chi connectivity index (χ1v) is 7.10. The lowest BCUT2D eigenvalue weighted by atomic mass is 10.0. The first-order chi connectivity index (χ1) is 10.2. The number of carboxylic acid groups (broad SMARTS) is 1. The standard InChI is InChI=1S/C18H19NO2/c20-18(21)7-3-1-2-5-15-8-10-16(11-9-15)13-17-6-4-12-19-14-17/h3-4,6-12,14H,1-2,5,13H2,(H,20,21)/b7-3+. The summed E-state index contributed by atoms with van der Waals surface area (Å²) >= 11 is 0. The van der Waals surface area contributed by atoms with Crippen molar-refractivity contribution in [3.05, 3.63) is 77.6 Å². The van der Waals surface area contributed by atoms with Crippen molar-refractivity contribution >= 4 is 5.97 Å². The van der Waals surface area contributed by atoms with Crippen LogP contribution in [-0.2, 0) is 17.6 Å². The van der Waals surface area contributed by atoms with Gasteiger partial charge in [0.2, 0.25) is 0 Å². The average molecular weight is 281 g/mol. The summed E-state index contributed by atoms with van der Waals surface area (Å²) in [6, 6.07) is 12.6. The quantitative estimate of drug-likeness (QED) is 0.622. The Kier molecular flexibility index (Phi) is 5.71. The molecule has 1 aromatic carbocycles. The van der Waals surface area contributed by atoms with Crippen molar-refractivity contribution in [3.8, 4) is 0 Å². The zero-order chi connectivity index (χ0) is 14.9.